The van der Waals surface area contributed by atoms with Gasteiger partial charge in [-0.3, -0.25) is 0 Å². The van der Waals surface area contributed by atoms with Crippen molar-refractivity contribution >= 4 is 18.3 Å². The van der Waals surface area contributed by atoms with Crippen molar-refractivity contribution < 1.29 is 28.6 Å². The summed E-state index contributed by atoms with van der Waals surface area (Å²) in [6.45, 7) is 8.94. The van der Waals surface area contributed by atoms with E-state index in [1.54, 1.807) is 0 Å². The number of rotatable bonds is 59. The lowest BCUT2D eigenvalue weighted by Crippen LogP contribution is -2.34. The summed E-state index contributed by atoms with van der Waals surface area (Å²) in [4.78, 5) is 37.7. The smallest absolute Gasteiger partial charge is 0.407 e. The minimum absolute atomic E-state index is 0.00207. The first kappa shape index (κ1) is 69.8. The van der Waals surface area contributed by atoms with Crippen molar-refractivity contribution in [2.75, 3.05) is 32.8 Å². The third-order valence-corrected chi connectivity index (χ3v) is 14.7. The number of carbonyl (C=O) groups excluding carboxylic acids is 3. The number of nitrogens with one attached hydrogen (secondary N) is 3. The Hall–Kier alpha value is -2.19. The lowest BCUT2D eigenvalue weighted by atomic mass is 10.0. The monoisotopic (exact) mass is 1020 g/mol. The third-order valence-electron chi connectivity index (χ3n) is 14.7. The van der Waals surface area contributed by atoms with Crippen molar-refractivity contribution in [1.82, 2.24) is 16.0 Å². The summed E-state index contributed by atoms with van der Waals surface area (Å²) >= 11 is 0. The van der Waals surface area contributed by atoms with E-state index < -0.39 is 18.3 Å². The fraction of sp³-hybridized carbons (Fsp3) is 0.952. The molecule has 0 aromatic rings. The molecule has 428 valence electrons. The first-order chi connectivity index (χ1) is 35.5. The lowest BCUT2D eigenvalue weighted by Gasteiger charge is -2.18. The van der Waals surface area contributed by atoms with E-state index in [2.05, 4.69) is 36.7 Å². The second kappa shape index (κ2) is 61.4. The summed E-state index contributed by atoms with van der Waals surface area (Å²) in [5, 5.41) is 8.69. The van der Waals surface area contributed by atoms with Crippen LogP contribution in [0.4, 0.5) is 14.4 Å². The number of unbranched alkanes of at least 4 members (excludes halogenated alkanes) is 46. The van der Waals surface area contributed by atoms with Crippen LogP contribution in [-0.4, -0.2) is 57.2 Å². The Morgan fingerprint density at radius 2 is 0.514 bits per heavy atom. The van der Waals surface area contributed by atoms with Gasteiger partial charge in [0.1, 0.15) is 12.7 Å². The molecule has 3 amide bonds. The highest BCUT2D eigenvalue weighted by Crippen LogP contribution is 2.17. The van der Waals surface area contributed by atoms with Crippen LogP contribution in [0.5, 0.6) is 0 Å². The zero-order chi connectivity index (χ0) is 52.2. The molecule has 9 nitrogen and oxygen atoms in total. The molecule has 0 bridgehead atoms. The van der Waals surface area contributed by atoms with Crippen molar-refractivity contribution in [3.05, 3.63) is 0 Å². The fourth-order valence-corrected chi connectivity index (χ4v) is 9.87. The van der Waals surface area contributed by atoms with Crippen LogP contribution in [0.1, 0.15) is 348 Å². The standard InChI is InChI=1S/C63H125N3O6/c1-4-7-10-13-16-19-22-25-28-31-34-37-40-43-46-50-55-64-61(67)70-58-53-49-54-60(72-63(69)66-57-52-48-45-42-39-36-33-30-27-24-21-18-15-12-9-6-3)59-71-62(68)65-56-51-47-44-41-38-35-32-29-26-23-20-17-14-11-8-5-2/h60H,4-59H2,1-3H3,(H,64,67)(H,65,68)(H,66,69). The Kier molecular flexibility index (Phi) is 59.5. The SMILES string of the molecule is CCCCCCCCCCCCCCCCCCNC(=O)OCCCCC(COC(=O)NCCCCCCCCCCCCCCCCCC)OC(=O)NCCCCCCCCCCCCCCCCCC. The Bertz CT molecular complexity index is 1090. The Balaban J connectivity index is 4.25. The van der Waals surface area contributed by atoms with Crippen LogP contribution in [-0.2, 0) is 14.2 Å². The highest BCUT2D eigenvalue weighted by Gasteiger charge is 2.17. The van der Waals surface area contributed by atoms with E-state index in [1.165, 1.54) is 270 Å². The first-order valence-electron chi connectivity index (χ1n) is 32.3. The van der Waals surface area contributed by atoms with E-state index in [1.807, 2.05) is 0 Å². The molecule has 0 aromatic heterocycles. The maximum atomic E-state index is 12.8. The molecule has 72 heavy (non-hydrogen) atoms. The van der Waals surface area contributed by atoms with Crippen LogP contribution in [0.2, 0.25) is 0 Å². The highest BCUT2D eigenvalue weighted by molar-refractivity contribution is 5.68. The van der Waals surface area contributed by atoms with Crippen molar-refractivity contribution in [3.8, 4) is 0 Å². The van der Waals surface area contributed by atoms with Gasteiger partial charge in [0.2, 0.25) is 0 Å². The van der Waals surface area contributed by atoms with Gasteiger partial charge in [-0.15, -0.1) is 0 Å². The van der Waals surface area contributed by atoms with Crippen LogP contribution >= 0.6 is 0 Å². The average Bonchev–Trinajstić information content (AvgIpc) is 3.38. The molecule has 0 heterocycles. The lowest BCUT2D eigenvalue weighted by molar-refractivity contribution is 0.0380. The molecule has 0 aliphatic heterocycles. The van der Waals surface area contributed by atoms with E-state index >= 15 is 0 Å². The molecule has 0 saturated heterocycles. The second-order valence-corrected chi connectivity index (χ2v) is 21.9. The molecule has 1 atom stereocenters. The van der Waals surface area contributed by atoms with Crippen LogP contribution in [0.3, 0.4) is 0 Å². The van der Waals surface area contributed by atoms with E-state index in [4.69, 9.17) is 14.2 Å². The van der Waals surface area contributed by atoms with Gasteiger partial charge in [-0.1, -0.05) is 310 Å². The largest absolute Gasteiger partial charge is 0.450 e. The molecule has 9 heteroatoms. The quantitative estimate of drug-likeness (QED) is 0.0413. The third kappa shape index (κ3) is 58.7. The van der Waals surface area contributed by atoms with Crippen LogP contribution in [0.15, 0.2) is 0 Å². The molecule has 1 unspecified atom stereocenters. The molecule has 0 radical (unpaired) electrons. The molecule has 0 aliphatic rings. The first-order valence-corrected chi connectivity index (χ1v) is 32.3. The second-order valence-electron chi connectivity index (χ2n) is 21.9. The number of amides is 3. The Morgan fingerprint density at radius 3 is 0.792 bits per heavy atom. The predicted octanol–water partition coefficient (Wildman–Crippen LogP) is 20.5. The summed E-state index contributed by atoms with van der Waals surface area (Å²) in [6, 6.07) is 0. The Morgan fingerprint density at radius 1 is 0.278 bits per heavy atom. The van der Waals surface area contributed by atoms with Crippen molar-refractivity contribution in [2.24, 2.45) is 0 Å². The van der Waals surface area contributed by atoms with Gasteiger partial charge in [0.25, 0.3) is 0 Å². The summed E-state index contributed by atoms with van der Waals surface area (Å²) in [5.74, 6) is 0. The molecule has 0 fully saturated rings. The minimum Gasteiger partial charge on any atom is -0.450 e. The summed E-state index contributed by atoms with van der Waals surface area (Å²) in [6.07, 6.45) is 63.2. The fourth-order valence-electron chi connectivity index (χ4n) is 9.87. The topological polar surface area (TPSA) is 115 Å². The van der Waals surface area contributed by atoms with E-state index in [0.717, 1.165) is 38.5 Å². The van der Waals surface area contributed by atoms with Gasteiger partial charge in [-0.05, 0) is 38.5 Å². The number of ether oxygens (including phenoxy) is 3. The van der Waals surface area contributed by atoms with Crippen LogP contribution < -0.4 is 16.0 Å². The van der Waals surface area contributed by atoms with Gasteiger partial charge < -0.3 is 30.2 Å². The van der Waals surface area contributed by atoms with Gasteiger partial charge in [-0.25, -0.2) is 14.4 Å². The minimum atomic E-state index is -0.569. The normalized spacial score (nSPS) is 11.7. The number of carbonyl (C=O) groups is 3. The summed E-state index contributed by atoms with van der Waals surface area (Å²) in [5.41, 5.74) is 0. The maximum absolute atomic E-state index is 12.8. The summed E-state index contributed by atoms with van der Waals surface area (Å²) < 4.78 is 16.7. The molecule has 0 rings (SSSR count). The van der Waals surface area contributed by atoms with Gasteiger partial charge in [0.05, 0.1) is 6.61 Å². The van der Waals surface area contributed by atoms with Crippen molar-refractivity contribution in [1.29, 1.82) is 0 Å². The van der Waals surface area contributed by atoms with Gasteiger partial charge in [-0.2, -0.15) is 0 Å². The summed E-state index contributed by atoms with van der Waals surface area (Å²) in [7, 11) is 0. The zero-order valence-electron chi connectivity index (χ0n) is 48.6. The van der Waals surface area contributed by atoms with Crippen molar-refractivity contribution in [3.63, 3.8) is 0 Å². The van der Waals surface area contributed by atoms with Crippen molar-refractivity contribution in [2.45, 2.75) is 354 Å². The van der Waals surface area contributed by atoms with Crippen LogP contribution in [0.25, 0.3) is 0 Å². The van der Waals surface area contributed by atoms with Gasteiger partial charge >= 0.3 is 18.3 Å². The highest BCUT2D eigenvalue weighted by atomic mass is 16.6. The molecule has 0 spiro atoms. The average molecular weight is 1020 g/mol. The molecule has 3 N–H and O–H groups in total. The van der Waals surface area contributed by atoms with Gasteiger partial charge in [0, 0.05) is 19.6 Å². The molecular weight excluding hydrogens is 895 g/mol. The Labute approximate surface area is 448 Å². The number of hydrogen-bond donors (Lipinski definition) is 3. The zero-order valence-corrected chi connectivity index (χ0v) is 48.6. The van der Waals surface area contributed by atoms with E-state index in [0.29, 0.717) is 45.5 Å². The van der Waals surface area contributed by atoms with Gasteiger partial charge in [0.15, 0.2) is 0 Å². The van der Waals surface area contributed by atoms with E-state index in [9.17, 15) is 14.4 Å². The predicted molar refractivity (Wildman–Crippen MR) is 309 cm³/mol. The molecule has 0 aliphatic carbocycles. The molecule has 0 aromatic carbocycles. The van der Waals surface area contributed by atoms with Crippen LogP contribution in [0, 0.1) is 0 Å². The molecule has 0 saturated carbocycles. The number of alkyl carbamates (subject to hydrolysis) is 3. The molecular formula is C63H125N3O6. The number of hydrogen-bond acceptors (Lipinski definition) is 6. The maximum Gasteiger partial charge on any atom is 0.407 e. The van der Waals surface area contributed by atoms with E-state index in [-0.39, 0.29) is 12.7 Å².